The molecule has 11 heavy (non-hydrogen) atoms. The average molecular weight is 166 g/mol. The summed E-state index contributed by atoms with van der Waals surface area (Å²) in [5, 5.41) is 25.0. The van der Waals surface area contributed by atoms with Crippen LogP contribution in [0.15, 0.2) is 0 Å². The van der Waals surface area contributed by atoms with E-state index in [4.69, 9.17) is 15.3 Å². The molecule has 6 nitrogen and oxygen atoms in total. The lowest BCUT2D eigenvalue weighted by Crippen LogP contribution is -2.37. The lowest BCUT2D eigenvalue weighted by atomic mass is 10.0. The summed E-state index contributed by atoms with van der Waals surface area (Å²) < 4.78 is 0. The SMILES string of the molecule is CC(O)(CC(=O)O)C(=O)O.O. The maximum atomic E-state index is 10.0. The van der Waals surface area contributed by atoms with Crippen molar-refractivity contribution in [2.75, 3.05) is 0 Å². The van der Waals surface area contributed by atoms with Gasteiger partial charge in [-0.25, -0.2) is 4.79 Å². The number of hydrogen-bond acceptors (Lipinski definition) is 3. The zero-order valence-electron chi connectivity index (χ0n) is 5.87. The van der Waals surface area contributed by atoms with E-state index in [1.165, 1.54) is 0 Å². The Kier molecular flexibility index (Phi) is 4.43. The Morgan fingerprint density at radius 3 is 1.82 bits per heavy atom. The van der Waals surface area contributed by atoms with Gasteiger partial charge >= 0.3 is 11.9 Å². The highest BCUT2D eigenvalue weighted by atomic mass is 16.4. The van der Waals surface area contributed by atoms with Crippen molar-refractivity contribution >= 4 is 11.9 Å². The first kappa shape index (κ1) is 12.5. The van der Waals surface area contributed by atoms with Crippen LogP contribution in [0.1, 0.15) is 13.3 Å². The van der Waals surface area contributed by atoms with Gasteiger partial charge in [-0.05, 0) is 6.92 Å². The molecule has 66 valence electrons. The first-order chi connectivity index (χ1) is 4.36. The second-order valence-electron chi connectivity index (χ2n) is 2.15. The van der Waals surface area contributed by atoms with Gasteiger partial charge in [-0.3, -0.25) is 4.79 Å². The van der Waals surface area contributed by atoms with Crippen LogP contribution in [-0.4, -0.2) is 38.3 Å². The molecule has 0 rings (SSSR count). The van der Waals surface area contributed by atoms with Gasteiger partial charge in [-0.15, -0.1) is 0 Å². The van der Waals surface area contributed by atoms with E-state index in [1.54, 1.807) is 0 Å². The Balaban J connectivity index is 0. The molecular weight excluding hydrogens is 156 g/mol. The second kappa shape index (κ2) is 3.89. The molecule has 1 atom stereocenters. The lowest BCUT2D eigenvalue weighted by molar-refractivity contribution is -0.163. The van der Waals surface area contributed by atoms with Crippen molar-refractivity contribution in [2.24, 2.45) is 0 Å². The van der Waals surface area contributed by atoms with Crippen LogP contribution in [0.25, 0.3) is 0 Å². The van der Waals surface area contributed by atoms with Crippen LogP contribution in [0.4, 0.5) is 0 Å². The van der Waals surface area contributed by atoms with Gasteiger partial charge in [-0.1, -0.05) is 0 Å². The largest absolute Gasteiger partial charge is 0.481 e. The van der Waals surface area contributed by atoms with Crippen LogP contribution < -0.4 is 0 Å². The Bertz CT molecular complexity index is 160. The normalized spacial score (nSPS) is 14.4. The molecule has 0 heterocycles. The monoisotopic (exact) mass is 166 g/mol. The smallest absolute Gasteiger partial charge is 0.335 e. The molecule has 0 fully saturated rings. The molecule has 0 bridgehead atoms. The second-order valence-corrected chi connectivity index (χ2v) is 2.15. The number of aliphatic carboxylic acids is 2. The highest BCUT2D eigenvalue weighted by Gasteiger charge is 2.32. The summed E-state index contributed by atoms with van der Waals surface area (Å²) in [6.07, 6.45) is -0.789. The molecule has 0 saturated carbocycles. The molecule has 6 heteroatoms. The van der Waals surface area contributed by atoms with Crippen LogP contribution in [0, 0.1) is 0 Å². The minimum Gasteiger partial charge on any atom is -0.481 e. The van der Waals surface area contributed by atoms with E-state index in [9.17, 15) is 9.59 Å². The van der Waals surface area contributed by atoms with Crippen LogP contribution in [0.2, 0.25) is 0 Å². The third-order valence-electron chi connectivity index (χ3n) is 0.956. The minimum absolute atomic E-state index is 0. The molecule has 0 aliphatic heterocycles. The first-order valence-electron chi connectivity index (χ1n) is 2.54. The molecule has 1 unspecified atom stereocenters. The number of aliphatic hydroxyl groups is 1. The first-order valence-corrected chi connectivity index (χ1v) is 2.54. The molecule has 0 aliphatic carbocycles. The van der Waals surface area contributed by atoms with E-state index < -0.39 is 24.0 Å². The number of hydrogen-bond donors (Lipinski definition) is 3. The van der Waals surface area contributed by atoms with E-state index >= 15 is 0 Å². The fourth-order valence-electron chi connectivity index (χ4n) is 0.370. The topological polar surface area (TPSA) is 126 Å². The molecule has 0 spiro atoms. The Hall–Kier alpha value is -1.14. The van der Waals surface area contributed by atoms with Gasteiger partial charge in [0.1, 0.15) is 0 Å². The fourth-order valence-corrected chi connectivity index (χ4v) is 0.370. The van der Waals surface area contributed by atoms with Crippen molar-refractivity contribution in [3.63, 3.8) is 0 Å². The van der Waals surface area contributed by atoms with Crippen LogP contribution in [0.5, 0.6) is 0 Å². The van der Waals surface area contributed by atoms with Gasteiger partial charge < -0.3 is 20.8 Å². The molecule has 0 saturated heterocycles. The summed E-state index contributed by atoms with van der Waals surface area (Å²) in [7, 11) is 0. The zero-order valence-corrected chi connectivity index (χ0v) is 5.87. The van der Waals surface area contributed by atoms with Crippen molar-refractivity contribution in [1.29, 1.82) is 0 Å². The van der Waals surface area contributed by atoms with Crippen molar-refractivity contribution in [2.45, 2.75) is 18.9 Å². The fraction of sp³-hybridized carbons (Fsp3) is 0.600. The molecule has 0 aliphatic rings. The van der Waals surface area contributed by atoms with E-state index in [2.05, 4.69) is 0 Å². The molecule has 0 aromatic carbocycles. The van der Waals surface area contributed by atoms with E-state index in [-0.39, 0.29) is 5.48 Å². The third kappa shape index (κ3) is 4.29. The lowest BCUT2D eigenvalue weighted by Gasteiger charge is -2.13. The van der Waals surface area contributed by atoms with Gasteiger partial charge in [0.2, 0.25) is 0 Å². The van der Waals surface area contributed by atoms with E-state index in [0.717, 1.165) is 6.92 Å². The number of carbonyl (C=O) groups is 2. The average Bonchev–Trinajstić information content (AvgIpc) is 1.60. The highest BCUT2D eigenvalue weighted by Crippen LogP contribution is 2.08. The summed E-state index contributed by atoms with van der Waals surface area (Å²) in [5.74, 6) is -2.87. The van der Waals surface area contributed by atoms with Crippen molar-refractivity contribution in [1.82, 2.24) is 0 Å². The predicted octanol–water partition coefficient (Wildman–Crippen LogP) is -1.53. The summed E-state index contributed by atoms with van der Waals surface area (Å²) >= 11 is 0. The number of carboxylic acid groups (broad SMARTS) is 2. The Morgan fingerprint density at radius 1 is 1.36 bits per heavy atom. The number of rotatable bonds is 3. The minimum atomic E-state index is -2.16. The van der Waals surface area contributed by atoms with Gasteiger partial charge in [0.15, 0.2) is 5.60 Å². The standard InChI is InChI=1S/C5H8O5.H2O/c1-5(10,4(8)9)2-3(6)7;/h10H,2H2,1H3,(H,6,7)(H,8,9);1H2. The highest BCUT2D eigenvalue weighted by molar-refractivity contribution is 5.83. The maximum Gasteiger partial charge on any atom is 0.335 e. The quantitative estimate of drug-likeness (QED) is 0.468. The Labute approximate surface area is 62.4 Å². The summed E-state index contributed by atoms with van der Waals surface area (Å²) in [6, 6.07) is 0. The van der Waals surface area contributed by atoms with E-state index in [0.29, 0.717) is 0 Å². The van der Waals surface area contributed by atoms with Gasteiger partial charge in [0, 0.05) is 0 Å². The van der Waals surface area contributed by atoms with Gasteiger partial charge in [0.25, 0.3) is 0 Å². The third-order valence-corrected chi connectivity index (χ3v) is 0.956. The Morgan fingerprint density at radius 2 is 1.73 bits per heavy atom. The molecular formula is C5H10O6. The molecule has 0 amide bonds. The van der Waals surface area contributed by atoms with Crippen LogP contribution in [0.3, 0.4) is 0 Å². The molecule has 0 aromatic heterocycles. The summed E-state index contributed by atoms with van der Waals surface area (Å²) in [4.78, 5) is 19.9. The van der Waals surface area contributed by atoms with Crippen LogP contribution >= 0.6 is 0 Å². The molecule has 5 N–H and O–H groups in total. The van der Waals surface area contributed by atoms with Gasteiger partial charge in [0.05, 0.1) is 6.42 Å². The number of carboxylic acids is 2. The summed E-state index contributed by atoms with van der Waals surface area (Å²) in [5.41, 5.74) is -2.16. The zero-order chi connectivity index (χ0) is 8.36. The molecule has 0 aromatic rings. The maximum absolute atomic E-state index is 10.0. The van der Waals surface area contributed by atoms with Gasteiger partial charge in [-0.2, -0.15) is 0 Å². The van der Waals surface area contributed by atoms with Crippen LogP contribution in [-0.2, 0) is 9.59 Å². The molecule has 0 radical (unpaired) electrons. The summed E-state index contributed by atoms with van der Waals surface area (Å²) in [6.45, 7) is 0.934. The predicted molar refractivity (Wildman–Crippen MR) is 34.1 cm³/mol. The van der Waals surface area contributed by atoms with Crippen molar-refractivity contribution in [3.05, 3.63) is 0 Å². The van der Waals surface area contributed by atoms with Crippen molar-refractivity contribution in [3.8, 4) is 0 Å². The van der Waals surface area contributed by atoms with Crippen molar-refractivity contribution < 1.29 is 30.4 Å². The van der Waals surface area contributed by atoms with E-state index in [1.807, 2.05) is 0 Å².